The summed E-state index contributed by atoms with van der Waals surface area (Å²) in [4.78, 5) is 2.88. The number of ether oxygens (including phenoxy) is 1. The Morgan fingerprint density at radius 2 is 0.946 bits per heavy atom. The largest absolute Gasteiger partial charge is 0.505 e. The van der Waals surface area contributed by atoms with Crippen molar-refractivity contribution in [1.29, 1.82) is 0 Å². The van der Waals surface area contributed by atoms with Crippen LogP contribution in [0.2, 0.25) is 0 Å². The van der Waals surface area contributed by atoms with Crippen LogP contribution in [-0.2, 0) is 18.0 Å². The van der Waals surface area contributed by atoms with Crippen LogP contribution in [0.5, 0.6) is 11.5 Å². The average Bonchev–Trinajstić information content (AvgIpc) is 3.52. The van der Waals surface area contributed by atoms with Crippen LogP contribution in [0.15, 0.2) is 72.8 Å². The summed E-state index contributed by atoms with van der Waals surface area (Å²) in [6.45, 7) is 4.15. The summed E-state index contributed by atoms with van der Waals surface area (Å²) in [5.41, 5.74) is 7.00. The highest BCUT2D eigenvalue weighted by Crippen LogP contribution is 2.31. The minimum absolute atomic E-state index is 0.0486. The van der Waals surface area contributed by atoms with Gasteiger partial charge in [-0.05, 0) is 73.5 Å². The molecule has 4 aromatic carbocycles. The molecule has 2 N–H and O–H groups in total. The van der Waals surface area contributed by atoms with Crippen LogP contribution >= 0.6 is 0 Å². The summed E-state index contributed by atoms with van der Waals surface area (Å²) >= 11 is 0. The van der Waals surface area contributed by atoms with Gasteiger partial charge in [0.15, 0.2) is 0 Å². The molecule has 0 bridgehead atoms. The van der Waals surface area contributed by atoms with Gasteiger partial charge in [0.05, 0.1) is 13.2 Å². The lowest BCUT2D eigenvalue weighted by Gasteiger charge is -2.13. The number of benzene rings is 4. The first-order valence-corrected chi connectivity index (χ1v) is 11.8. The van der Waals surface area contributed by atoms with Gasteiger partial charge in [-0.25, -0.2) is 0 Å². The molecule has 37 heavy (non-hydrogen) atoms. The smallest absolute Gasteiger partial charge is 0.148 e. The van der Waals surface area contributed by atoms with Gasteiger partial charge >= 0.3 is 0 Å². The van der Waals surface area contributed by atoms with E-state index in [2.05, 4.69) is 20.4 Å². The fourth-order valence-corrected chi connectivity index (χ4v) is 4.40. The summed E-state index contributed by atoms with van der Waals surface area (Å²) in [7, 11) is 0. The van der Waals surface area contributed by atoms with E-state index in [1.807, 2.05) is 86.6 Å². The second-order valence-corrected chi connectivity index (χ2v) is 9.03. The SMILES string of the molecule is Cc1cc(COCc2cc(C)cc(-n3nc4ccccc4n3)c2O)c(O)c(-n2nc3ccccc3n2)c1. The molecular weight excluding hydrogens is 468 g/mol. The van der Waals surface area contributed by atoms with Crippen LogP contribution in [0.1, 0.15) is 22.3 Å². The summed E-state index contributed by atoms with van der Waals surface area (Å²) in [6, 6.07) is 22.5. The van der Waals surface area contributed by atoms with E-state index >= 15 is 0 Å². The van der Waals surface area contributed by atoms with Crippen molar-refractivity contribution in [3.8, 4) is 22.9 Å². The first-order chi connectivity index (χ1) is 18.0. The van der Waals surface area contributed by atoms with Crippen molar-refractivity contribution in [1.82, 2.24) is 30.0 Å². The summed E-state index contributed by atoms with van der Waals surface area (Å²) in [6.07, 6.45) is 0. The van der Waals surface area contributed by atoms with Crippen LogP contribution in [0, 0.1) is 13.8 Å². The summed E-state index contributed by atoms with van der Waals surface area (Å²) in [5, 5.41) is 39.9. The number of fused-ring (bicyclic) bond motifs is 2. The van der Waals surface area contributed by atoms with Gasteiger partial charge in [-0.15, -0.1) is 30.0 Å². The molecule has 0 unspecified atom stereocenters. The van der Waals surface area contributed by atoms with Gasteiger partial charge in [0, 0.05) is 11.1 Å². The molecule has 0 radical (unpaired) electrons. The third-order valence-electron chi connectivity index (χ3n) is 6.15. The topological polar surface area (TPSA) is 111 Å². The number of rotatable bonds is 6. The highest BCUT2D eigenvalue weighted by atomic mass is 16.5. The molecule has 6 rings (SSSR count). The Bertz CT molecular complexity index is 1580. The quantitative estimate of drug-likeness (QED) is 0.340. The number of aryl methyl sites for hydroxylation is 2. The van der Waals surface area contributed by atoms with Crippen LogP contribution in [-0.4, -0.2) is 40.2 Å². The van der Waals surface area contributed by atoms with E-state index in [-0.39, 0.29) is 24.7 Å². The predicted octanol–water partition coefficient (Wildman–Crippen LogP) is 4.90. The van der Waals surface area contributed by atoms with Gasteiger partial charge in [-0.1, -0.05) is 24.3 Å². The van der Waals surface area contributed by atoms with E-state index in [1.165, 1.54) is 9.59 Å². The zero-order valence-corrected chi connectivity index (χ0v) is 20.3. The van der Waals surface area contributed by atoms with E-state index in [4.69, 9.17) is 4.74 Å². The van der Waals surface area contributed by atoms with Gasteiger partial charge < -0.3 is 14.9 Å². The number of aromatic hydroxyl groups is 2. The Morgan fingerprint density at radius 3 is 1.30 bits per heavy atom. The van der Waals surface area contributed by atoms with Crippen LogP contribution < -0.4 is 0 Å². The second kappa shape index (κ2) is 9.03. The zero-order valence-electron chi connectivity index (χ0n) is 20.3. The highest BCUT2D eigenvalue weighted by molar-refractivity contribution is 5.74. The maximum atomic E-state index is 11.0. The van der Waals surface area contributed by atoms with Gasteiger partial charge in [0.1, 0.15) is 44.9 Å². The van der Waals surface area contributed by atoms with E-state index in [0.29, 0.717) is 22.5 Å². The van der Waals surface area contributed by atoms with Gasteiger partial charge in [0.25, 0.3) is 0 Å². The highest BCUT2D eigenvalue weighted by Gasteiger charge is 2.16. The molecule has 0 spiro atoms. The molecule has 0 aliphatic rings. The van der Waals surface area contributed by atoms with Crippen LogP contribution in [0.25, 0.3) is 33.4 Å². The number of phenolic OH excluding ortho intramolecular Hbond substituents is 2. The molecule has 0 aliphatic heterocycles. The van der Waals surface area contributed by atoms with Crippen LogP contribution in [0.3, 0.4) is 0 Å². The molecular formula is C28H24N6O3. The molecule has 0 amide bonds. The van der Waals surface area contributed by atoms with Crippen molar-refractivity contribution >= 4 is 22.1 Å². The third-order valence-corrected chi connectivity index (χ3v) is 6.15. The molecule has 9 nitrogen and oxygen atoms in total. The minimum Gasteiger partial charge on any atom is -0.505 e. The lowest BCUT2D eigenvalue weighted by atomic mass is 10.1. The third kappa shape index (κ3) is 4.25. The van der Waals surface area contributed by atoms with Crippen molar-refractivity contribution in [2.24, 2.45) is 0 Å². The normalized spacial score (nSPS) is 11.5. The number of hydrogen-bond donors (Lipinski definition) is 2. The first kappa shape index (κ1) is 22.7. The minimum atomic E-state index is 0.0486. The molecule has 9 heteroatoms. The average molecular weight is 493 g/mol. The van der Waals surface area contributed by atoms with Crippen molar-refractivity contribution in [2.45, 2.75) is 27.1 Å². The van der Waals surface area contributed by atoms with E-state index in [1.54, 1.807) is 0 Å². The maximum Gasteiger partial charge on any atom is 0.148 e. The Hall–Kier alpha value is -4.76. The Kier molecular flexibility index (Phi) is 5.54. The van der Waals surface area contributed by atoms with Crippen molar-refractivity contribution in [2.75, 3.05) is 0 Å². The lowest BCUT2D eigenvalue weighted by Crippen LogP contribution is -2.04. The molecule has 0 saturated heterocycles. The molecule has 2 aromatic heterocycles. The zero-order chi connectivity index (χ0) is 25.5. The molecule has 0 atom stereocenters. The molecule has 0 saturated carbocycles. The van der Waals surface area contributed by atoms with Crippen LogP contribution in [0.4, 0.5) is 0 Å². The number of aromatic nitrogens is 6. The molecule has 0 fully saturated rings. The fourth-order valence-electron chi connectivity index (χ4n) is 4.40. The predicted molar refractivity (Wildman–Crippen MR) is 139 cm³/mol. The summed E-state index contributed by atoms with van der Waals surface area (Å²) < 4.78 is 5.96. The Labute approximate surface area is 212 Å². The standard InChI is InChI=1S/C28H24N6O3/c1-17-11-19(27(35)25(13-17)33-29-21-7-3-4-8-22(21)30-33)15-37-16-20-12-18(2)14-26(28(20)36)34-31-23-9-5-6-10-24(23)32-34/h3-14,35-36H,15-16H2,1-2H3. The Morgan fingerprint density at radius 1 is 0.595 bits per heavy atom. The van der Waals surface area contributed by atoms with Gasteiger partial charge in [-0.3, -0.25) is 0 Å². The second-order valence-electron chi connectivity index (χ2n) is 9.03. The fraction of sp³-hybridized carbons (Fsp3) is 0.143. The molecule has 184 valence electrons. The van der Waals surface area contributed by atoms with Crippen molar-refractivity contribution in [3.63, 3.8) is 0 Å². The monoisotopic (exact) mass is 492 g/mol. The van der Waals surface area contributed by atoms with Crippen molar-refractivity contribution in [3.05, 3.63) is 95.1 Å². The number of nitrogens with zero attached hydrogens (tertiary/aromatic N) is 6. The lowest BCUT2D eigenvalue weighted by molar-refractivity contribution is 0.103. The Balaban J connectivity index is 1.25. The molecule has 2 heterocycles. The maximum absolute atomic E-state index is 11.0. The number of hydrogen-bond acceptors (Lipinski definition) is 7. The van der Waals surface area contributed by atoms with E-state index in [0.717, 1.165) is 33.2 Å². The van der Waals surface area contributed by atoms with E-state index in [9.17, 15) is 10.2 Å². The van der Waals surface area contributed by atoms with Crippen molar-refractivity contribution < 1.29 is 14.9 Å². The first-order valence-electron chi connectivity index (χ1n) is 11.8. The molecule has 6 aromatic rings. The number of phenols is 2. The van der Waals surface area contributed by atoms with Gasteiger partial charge in [0.2, 0.25) is 0 Å². The van der Waals surface area contributed by atoms with E-state index < -0.39 is 0 Å². The molecule has 0 aliphatic carbocycles. The summed E-state index contributed by atoms with van der Waals surface area (Å²) in [5.74, 6) is 0.0972. The van der Waals surface area contributed by atoms with Gasteiger partial charge in [-0.2, -0.15) is 0 Å².